The van der Waals surface area contributed by atoms with Crippen LogP contribution in [0, 0.1) is 0 Å². The zero-order valence-corrected chi connectivity index (χ0v) is 27.0. The molecule has 1 rings (SSSR count). The minimum absolute atomic E-state index is 0.155. The molecular formula is C27H46N8O9S. The van der Waals surface area contributed by atoms with Crippen molar-refractivity contribution in [2.75, 3.05) is 18.6 Å². The van der Waals surface area contributed by atoms with Gasteiger partial charge in [0.25, 0.3) is 0 Å². The van der Waals surface area contributed by atoms with E-state index in [-0.39, 0.29) is 32.2 Å². The molecule has 7 atom stereocenters. The van der Waals surface area contributed by atoms with Crippen LogP contribution < -0.4 is 38.1 Å². The van der Waals surface area contributed by atoms with Crippen molar-refractivity contribution in [2.24, 2.45) is 11.5 Å². The van der Waals surface area contributed by atoms with Gasteiger partial charge in [0.1, 0.15) is 36.3 Å². The molecule has 1 saturated heterocycles. The third kappa shape index (κ3) is 12.9. The van der Waals surface area contributed by atoms with Crippen LogP contribution in [0.3, 0.4) is 0 Å². The highest BCUT2D eigenvalue weighted by Gasteiger charge is 2.39. The first kappa shape index (κ1) is 39.1. The smallest absolute Gasteiger partial charge is 0.325 e. The number of nitrogens with zero attached hydrogens (tertiary/aromatic N) is 1. The largest absolute Gasteiger partial charge is 0.480 e. The molecule has 0 radical (unpaired) electrons. The van der Waals surface area contributed by atoms with E-state index in [1.54, 1.807) is 6.26 Å². The van der Waals surface area contributed by atoms with Crippen molar-refractivity contribution in [1.29, 1.82) is 0 Å². The van der Waals surface area contributed by atoms with E-state index in [0.717, 1.165) is 0 Å². The predicted molar refractivity (Wildman–Crippen MR) is 164 cm³/mol. The molecule has 0 bridgehead atoms. The summed E-state index contributed by atoms with van der Waals surface area (Å²) in [7, 11) is 0. The second-order valence-corrected chi connectivity index (χ2v) is 11.9. The SMILES string of the molecule is CSCC[C@H](NC(=O)[C@H](C)NC(=O)[C@@H]1CCCN1C(=O)[C@H](CCC(N)=O)NC(=O)[C@H](C)NC(=O)[C@H](C)N)C(=O)N[C@@H](C)C(=O)O. The van der Waals surface area contributed by atoms with Gasteiger partial charge in [0, 0.05) is 13.0 Å². The number of carboxylic acid groups (broad SMARTS) is 1. The van der Waals surface area contributed by atoms with E-state index >= 15 is 0 Å². The van der Waals surface area contributed by atoms with Crippen LogP contribution >= 0.6 is 11.8 Å². The number of carbonyl (C=O) groups excluding carboxylic acids is 7. The lowest BCUT2D eigenvalue weighted by atomic mass is 10.1. The maximum Gasteiger partial charge on any atom is 0.325 e. The van der Waals surface area contributed by atoms with Gasteiger partial charge >= 0.3 is 5.97 Å². The highest BCUT2D eigenvalue weighted by Crippen LogP contribution is 2.20. The second-order valence-electron chi connectivity index (χ2n) is 10.9. The molecule has 0 aromatic heterocycles. The zero-order chi connectivity index (χ0) is 34.4. The lowest BCUT2D eigenvalue weighted by Gasteiger charge is -2.30. The summed E-state index contributed by atoms with van der Waals surface area (Å²) in [6.07, 6.45) is 2.32. The average molecular weight is 659 g/mol. The Hall–Kier alpha value is -3.93. The van der Waals surface area contributed by atoms with Crippen molar-refractivity contribution >= 4 is 59.1 Å². The monoisotopic (exact) mass is 658 g/mol. The van der Waals surface area contributed by atoms with Crippen LogP contribution in [0.1, 0.15) is 59.8 Å². The maximum atomic E-state index is 13.5. The first-order chi connectivity index (χ1) is 21.0. The van der Waals surface area contributed by atoms with Gasteiger partial charge in [0.05, 0.1) is 6.04 Å². The topological polar surface area (TPSA) is 272 Å². The molecule has 1 aliphatic rings. The molecule has 0 aromatic rings. The van der Waals surface area contributed by atoms with Gasteiger partial charge in [-0.15, -0.1) is 0 Å². The molecule has 1 fully saturated rings. The van der Waals surface area contributed by atoms with Crippen molar-refractivity contribution in [2.45, 2.75) is 102 Å². The Balaban J connectivity index is 2.98. The van der Waals surface area contributed by atoms with E-state index in [0.29, 0.717) is 12.2 Å². The van der Waals surface area contributed by atoms with Gasteiger partial charge in [-0.05, 0) is 65.4 Å². The number of aliphatic carboxylic acids is 1. The Morgan fingerprint density at radius 3 is 1.89 bits per heavy atom. The van der Waals surface area contributed by atoms with Gasteiger partial charge in [-0.1, -0.05) is 0 Å². The fraction of sp³-hybridized carbons (Fsp3) is 0.704. The van der Waals surface area contributed by atoms with Crippen molar-refractivity contribution in [3.8, 4) is 0 Å². The molecule has 1 aliphatic heterocycles. The Morgan fingerprint density at radius 2 is 1.36 bits per heavy atom. The number of carboxylic acids is 1. The van der Waals surface area contributed by atoms with Crippen LogP contribution in [0.4, 0.5) is 0 Å². The van der Waals surface area contributed by atoms with Gasteiger partial charge in [-0.25, -0.2) is 0 Å². The summed E-state index contributed by atoms with van der Waals surface area (Å²) in [5, 5.41) is 21.4. The van der Waals surface area contributed by atoms with Crippen LogP contribution in [-0.2, 0) is 38.4 Å². The molecule has 7 amide bonds. The fourth-order valence-corrected chi connectivity index (χ4v) is 4.78. The van der Waals surface area contributed by atoms with Gasteiger partial charge in [-0.3, -0.25) is 38.4 Å². The van der Waals surface area contributed by atoms with Crippen LogP contribution in [-0.4, -0.2) is 118 Å². The Kier molecular flexibility index (Phi) is 16.3. The Bertz CT molecular complexity index is 1120. The number of nitrogens with one attached hydrogen (secondary N) is 5. The summed E-state index contributed by atoms with van der Waals surface area (Å²) >= 11 is 1.42. The summed E-state index contributed by atoms with van der Waals surface area (Å²) in [4.78, 5) is 101. The van der Waals surface area contributed by atoms with Crippen molar-refractivity contribution in [1.82, 2.24) is 31.5 Å². The van der Waals surface area contributed by atoms with Gasteiger partial charge in [0.15, 0.2) is 0 Å². The van der Waals surface area contributed by atoms with E-state index in [1.807, 2.05) is 0 Å². The van der Waals surface area contributed by atoms with Crippen LogP contribution in [0.2, 0.25) is 0 Å². The lowest BCUT2D eigenvalue weighted by Crippen LogP contribution is -2.58. The maximum absolute atomic E-state index is 13.5. The molecule has 0 saturated carbocycles. The highest BCUT2D eigenvalue weighted by atomic mass is 32.2. The summed E-state index contributed by atoms with van der Waals surface area (Å²) in [5.41, 5.74) is 10.8. The molecule has 17 nitrogen and oxygen atoms in total. The van der Waals surface area contributed by atoms with Crippen molar-refractivity contribution < 1.29 is 43.5 Å². The average Bonchev–Trinajstić information content (AvgIpc) is 3.46. The van der Waals surface area contributed by atoms with Crippen molar-refractivity contribution in [3.63, 3.8) is 0 Å². The van der Waals surface area contributed by atoms with E-state index < -0.39 is 89.6 Å². The number of hydrogen-bond donors (Lipinski definition) is 8. The minimum Gasteiger partial charge on any atom is -0.480 e. The van der Waals surface area contributed by atoms with Crippen molar-refractivity contribution in [3.05, 3.63) is 0 Å². The molecule has 18 heteroatoms. The molecule has 10 N–H and O–H groups in total. The number of hydrogen-bond acceptors (Lipinski definition) is 10. The molecule has 1 heterocycles. The summed E-state index contributed by atoms with van der Waals surface area (Å²) < 4.78 is 0. The normalized spacial score (nSPS) is 18.3. The third-order valence-corrected chi connectivity index (χ3v) is 7.67. The number of carbonyl (C=O) groups is 8. The number of rotatable bonds is 18. The molecule has 0 spiro atoms. The standard InChI is InChI=1S/C27H46N8O9S/c1-13(28)21(37)30-14(2)23(39)34-18(8-9-20(29)36)26(42)35-11-6-7-19(35)25(41)31-15(3)22(38)33-17(10-12-45-5)24(40)32-16(4)27(43)44/h13-19H,6-12,28H2,1-5H3,(H2,29,36)(H,30,37)(H,31,41)(H,32,40)(H,33,38)(H,34,39)(H,43,44)/t13-,14-,15-,16-,17-,18-,19-/m0/s1. The molecular weight excluding hydrogens is 612 g/mol. The van der Waals surface area contributed by atoms with Crippen LogP contribution in [0.5, 0.6) is 0 Å². The molecule has 45 heavy (non-hydrogen) atoms. The third-order valence-electron chi connectivity index (χ3n) is 7.02. The first-order valence-corrected chi connectivity index (χ1v) is 16.0. The fourth-order valence-electron chi connectivity index (χ4n) is 4.31. The summed E-state index contributed by atoms with van der Waals surface area (Å²) in [6.45, 7) is 5.68. The number of primary amides is 1. The first-order valence-electron chi connectivity index (χ1n) is 14.6. The summed E-state index contributed by atoms with van der Waals surface area (Å²) in [5.74, 6) is -5.44. The predicted octanol–water partition coefficient (Wildman–Crippen LogP) is -3.09. The number of thioether (sulfide) groups is 1. The number of likely N-dealkylation sites (tertiary alicyclic amines) is 1. The van der Waals surface area contributed by atoms with Gasteiger partial charge in [0.2, 0.25) is 41.4 Å². The Labute approximate surface area is 266 Å². The molecule has 0 unspecified atom stereocenters. The van der Waals surface area contributed by atoms with E-state index in [9.17, 15) is 38.4 Å². The minimum atomic E-state index is -1.24. The second kappa shape index (κ2) is 18.8. The van der Waals surface area contributed by atoms with E-state index in [2.05, 4.69) is 26.6 Å². The zero-order valence-electron chi connectivity index (χ0n) is 26.2. The number of nitrogens with two attached hydrogens (primary N) is 2. The number of amides is 7. The molecule has 0 aliphatic carbocycles. The Morgan fingerprint density at radius 1 is 0.800 bits per heavy atom. The highest BCUT2D eigenvalue weighted by molar-refractivity contribution is 7.98. The molecule has 254 valence electrons. The van der Waals surface area contributed by atoms with E-state index in [1.165, 1.54) is 44.4 Å². The van der Waals surface area contributed by atoms with E-state index in [4.69, 9.17) is 16.6 Å². The van der Waals surface area contributed by atoms with Gasteiger partial charge < -0.3 is 48.1 Å². The van der Waals surface area contributed by atoms with Crippen LogP contribution in [0.15, 0.2) is 0 Å². The van der Waals surface area contributed by atoms with Crippen LogP contribution in [0.25, 0.3) is 0 Å². The summed E-state index contributed by atoms with van der Waals surface area (Å²) in [6, 6.07) is -7.52. The quantitative estimate of drug-likeness (QED) is 0.0731. The lowest BCUT2D eigenvalue weighted by molar-refractivity contribution is -0.142. The molecule has 0 aromatic carbocycles. The van der Waals surface area contributed by atoms with Gasteiger partial charge in [-0.2, -0.15) is 11.8 Å².